The lowest BCUT2D eigenvalue weighted by Crippen LogP contribution is -2.19. The number of nitrogen functional groups attached to an aromatic ring is 1. The first-order valence-corrected chi connectivity index (χ1v) is 6.63. The van der Waals surface area contributed by atoms with Gasteiger partial charge in [-0.3, -0.25) is 4.79 Å². The molecular formula is C15H17N3O2. The first-order chi connectivity index (χ1) is 9.61. The molecule has 0 spiro atoms. The summed E-state index contributed by atoms with van der Waals surface area (Å²) in [5, 5.41) is 6.11. The summed E-state index contributed by atoms with van der Waals surface area (Å²) in [5.74, 6) is 1.78. The zero-order chi connectivity index (χ0) is 14.1. The minimum absolute atomic E-state index is 0.0508. The van der Waals surface area contributed by atoms with Crippen LogP contribution in [-0.4, -0.2) is 5.91 Å². The summed E-state index contributed by atoms with van der Waals surface area (Å²) in [6.45, 7) is 2.47. The van der Waals surface area contributed by atoms with Gasteiger partial charge in [-0.1, -0.05) is 0 Å². The molecule has 0 fully saturated rings. The lowest BCUT2D eigenvalue weighted by atomic mass is 10.0. The number of fused-ring (bicyclic) bond motifs is 1. The van der Waals surface area contributed by atoms with Gasteiger partial charge in [0.05, 0.1) is 17.9 Å². The Morgan fingerprint density at radius 2 is 2.20 bits per heavy atom. The summed E-state index contributed by atoms with van der Waals surface area (Å²) in [4.78, 5) is 11.4. The minimum Gasteiger partial charge on any atom is -0.465 e. The molecule has 0 atom stereocenters. The van der Waals surface area contributed by atoms with Gasteiger partial charge < -0.3 is 20.8 Å². The number of benzene rings is 1. The SMILES string of the molecule is Cc1ccc(CNc2cc3c(cc2N)CCC(=O)N3)o1. The fourth-order valence-corrected chi connectivity index (χ4v) is 2.36. The standard InChI is InChI=1S/C15H17N3O2/c1-9-2-4-11(20-9)8-17-14-7-13-10(6-12(14)16)3-5-15(19)18-13/h2,4,6-7,17H,3,5,8,16H2,1H3,(H,18,19). The molecule has 1 amide bonds. The Kier molecular flexibility index (Phi) is 3.10. The minimum atomic E-state index is 0.0508. The highest BCUT2D eigenvalue weighted by atomic mass is 16.3. The van der Waals surface area contributed by atoms with Crippen molar-refractivity contribution in [1.29, 1.82) is 0 Å². The molecule has 5 nitrogen and oxygen atoms in total. The van der Waals surface area contributed by atoms with E-state index >= 15 is 0 Å². The van der Waals surface area contributed by atoms with Crippen LogP contribution in [0.4, 0.5) is 17.1 Å². The van der Waals surface area contributed by atoms with Crippen LogP contribution in [0.5, 0.6) is 0 Å². The first-order valence-electron chi connectivity index (χ1n) is 6.63. The van der Waals surface area contributed by atoms with E-state index in [1.165, 1.54) is 0 Å². The van der Waals surface area contributed by atoms with Gasteiger partial charge in [0.15, 0.2) is 0 Å². The largest absolute Gasteiger partial charge is 0.465 e. The maximum absolute atomic E-state index is 11.4. The third-order valence-corrected chi connectivity index (χ3v) is 3.42. The Hall–Kier alpha value is -2.43. The Morgan fingerprint density at radius 3 is 2.95 bits per heavy atom. The molecule has 0 unspecified atom stereocenters. The molecule has 20 heavy (non-hydrogen) atoms. The van der Waals surface area contributed by atoms with Crippen molar-refractivity contribution in [2.24, 2.45) is 0 Å². The first kappa shape index (κ1) is 12.6. The second kappa shape index (κ2) is 4.92. The van der Waals surface area contributed by atoms with E-state index < -0.39 is 0 Å². The lowest BCUT2D eigenvalue weighted by Gasteiger charge is -2.19. The van der Waals surface area contributed by atoms with Gasteiger partial charge in [-0.05, 0) is 43.2 Å². The zero-order valence-corrected chi connectivity index (χ0v) is 11.3. The topological polar surface area (TPSA) is 80.3 Å². The van der Waals surface area contributed by atoms with Gasteiger partial charge in [0, 0.05) is 12.1 Å². The predicted molar refractivity (Wildman–Crippen MR) is 78.6 cm³/mol. The summed E-state index contributed by atoms with van der Waals surface area (Å²) >= 11 is 0. The Morgan fingerprint density at radius 1 is 1.35 bits per heavy atom. The van der Waals surface area contributed by atoms with Crippen molar-refractivity contribution in [3.63, 3.8) is 0 Å². The molecule has 1 aliphatic rings. The van der Waals surface area contributed by atoms with Crippen LogP contribution in [0.2, 0.25) is 0 Å². The molecule has 2 aromatic rings. The smallest absolute Gasteiger partial charge is 0.224 e. The Labute approximate surface area is 117 Å². The van der Waals surface area contributed by atoms with Crippen molar-refractivity contribution in [2.75, 3.05) is 16.4 Å². The van der Waals surface area contributed by atoms with Crippen molar-refractivity contribution >= 4 is 23.0 Å². The molecule has 0 saturated carbocycles. The highest BCUT2D eigenvalue weighted by molar-refractivity contribution is 5.95. The number of nitrogens with one attached hydrogen (secondary N) is 2. The van der Waals surface area contributed by atoms with Gasteiger partial charge in [-0.2, -0.15) is 0 Å². The van der Waals surface area contributed by atoms with Crippen LogP contribution in [0, 0.1) is 6.92 Å². The molecule has 3 rings (SSSR count). The highest BCUT2D eigenvalue weighted by Crippen LogP contribution is 2.31. The van der Waals surface area contributed by atoms with Crippen molar-refractivity contribution < 1.29 is 9.21 Å². The van der Waals surface area contributed by atoms with Gasteiger partial charge in [-0.25, -0.2) is 0 Å². The molecule has 5 heteroatoms. The van der Waals surface area contributed by atoms with Crippen LogP contribution in [-0.2, 0) is 17.8 Å². The Balaban J connectivity index is 1.79. The van der Waals surface area contributed by atoms with Crippen LogP contribution < -0.4 is 16.4 Å². The van der Waals surface area contributed by atoms with Gasteiger partial charge >= 0.3 is 0 Å². The number of aryl methyl sites for hydroxylation is 2. The van der Waals surface area contributed by atoms with Crippen LogP contribution >= 0.6 is 0 Å². The van der Waals surface area contributed by atoms with E-state index in [1.54, 1.807) is 0 Å². The fraction of sp³-hybridized carbons (Fsp3) is 0.267. The molecular weight excluding hydrogens is 254 g/mol. The van der Waals surface area contributed by atoms with Gasteiger partial charge in [-0.15, -0.1) is 0 Å². The number of nitrogens with two attached hydrogens (primary N) is 1. The summed E-state index contributed by atoms with van der Waals surface area (Å²) in [5.41, 5.74) is 9.46. The number of amides is 1. The maximum Gasteiger partial charge on any atom is 0.224 e. The van der Waals surface area contributed by atoms with E-state index in [0.29, 0.717) is 18.7 Å². The van der Waals surface area contributed by atoms with E-state index in [4.69, 9.17) is 10.2 Å². The number of rotatable bonds is 3. The second-order valence-corrected chi connectivity index (χ2v) is 5.01. The molecule has 0 radical (unpaired) electrons. The van der Waals surface area contributed by atoms with Crippen molar-refractivity contribution in [3.05, 3.63) is 41.3 Å². The molecule has 1 aliphatic heterocycles. The summed E-state index contributed by atoms with van der Waals surface area (Å²) in [6, 6.07) is 7.66. The van der Waals surface area contributed by atoms with Gasteiger partial charge in [0.1, 0.15) is 11.5 Å². The third-order valence-electron chi connectivity index (χ3n) is 3.42. The zero-order valence-electron chi connectivity index (χ0n) is 11.3. The summed E-state index contributed by atoms with van der Waals surface area (Å²) in [7, 11) is 0. The van der Waals surface area contributed by atoms with E-state index in [1.807, 2.05) is 31.2 Å². The Bertz CT molecular complexity index is 661. The molecule has 0 bridgehead atoms. The summed E-state index contributed by atoms with van der Waals surface area (Å²) < 4.78 is 5.50. The number of hydrogen-bond acceptors (Lipinski definition) is 4. The average molecular weight is 271 g/mol. The van der Waals surface area contributed by atoms with Crippen LogP contribution in [0.3, 0.4) is 0 Å². The van der Waals surface area contributed by atoms with E-state index in [0.717, 1.165) is 34.9 Å². The number of hydrogen-bond donors (Lipinski definition) is 3. The van der Waals surface area contributed by atoms with Crippen LogP contribution in [0.1, 0.15) is 23.5 Å². The van der Waals surface area contributed by atoms with Gasteiger partial charge in [0.2, 0.25) is 5.91 Å². The van der Waals surface area contributed by atoms with E-state index in [2.05, 4.69) is 10.6 Å². The number of furan rings is 1. The van der Waals surface area contributed by atoms with Crippen molar-refractivity contribution in [2.45, 2.75) is 26.3 Å². The van der Waals surface area contributed by atoms with Crippen molar-refractivity contribution in [1.82, 2.24) is 0 Å². The number of carbonyl (C=O) groups is 1. The molecule has 4 N–H and O–H groups in total. The predicted octanol–water partition coefficient (Wildman–Crippen LogP) is 2.67. The maximum atomic E-state index is 11.4. The monoisotopic (exact) mass is 271 g/mol. The number of anilines is 3. The highest BCUT2D eigenvalue weighted by Gasteiger charge is 2.16. The van der Waals surface area contributed by atoms with Crippen molar-refractivity contribution in [3.8, 4) is 0 Å². The second-order valence-electron chi connectivity index (χ2n) is 5.01. The summed E-state index contributed by atoms with van der Waals surface area (Å²) in [6.07, 6.45) is 1.26. The molecule has 0 aliphatic carbocycles. The molecule has 1 aromatic heterocycles. The molecule has 2 heterocycles. The van der Waals surface area contributed by atoms with E-state index in [-0.39, 0.29) is 5.91 Å². The fourth-order valence-electron chi connectivity index (χ4n) is 2.36. The van der Waals surface area contributed by atoms with E-state index in [9.17, 15) is 4.79 Å². The average Bonchev–Trinajstić information content (AvgIpc) is 2.83. The normalized spacial score (nSPS) is 13.8. The number of carbonyl (C=O) groups excluding carboxylic acids is 1. The lowest BCUT2D eigenvalue weighted by molar-refractivity contribution is -0.116. The van der Waals surface area contributed by atoms with Gasteiger partial charge in [0.25, 0.3) is 0 Å². The van der Waals surface area contributed by atoms with Crippen LogP contribution in [0.15, 0.2) is 28.7 Å². The molecule has 104 valence electrons. The molecule has 0 saturated heterocycles. The third kappa shape index (κ3) is 2.47. The van der Waals surface area contributed by atoms with Crippen LogP contribution in [0.25, 0.3) is 0 Å². The quantitative estimate of drug-likeness (QED) is 0.750. The molecule has 1 aromatic carbocycles.